The first-order chi connectivity index (χ1) is 9.15. The van der Waals surface area contributed by atoms with Gasteiger partial charge in [-0.05, 0) is 12.1 Å². The standard InChI is InChI=1S/C12H7F2N3O2/c13-8-4-9(14)10(15)3-7(8)12-16-11(17-19-12)6-1-2-18-5-6/h1-5H,15H2. The number of nitrogen functional groups attached to an aromatic ring is 1. The van der Waals surface area contributed by atoms with Gasteiger partial charge in [-0.1, -0.05) is 5.16 Å². The summed E-state index contributed by atoms with van der Waals surface area (Å²) in [6.07, 6.45) is 2.87. The van der Waals surface area contributed by atoms with Gasteiger partial charge in [-0.3, -0.25) is 0 Å². The molecule has 2 N–H and O–H groups in total. The fraction of sp³-hybridized carbons (Fsp3) is 0. The molecule has 0 aliphatic heterocycles. The molecule has 0 spiro atoms. The van der Waals surface area contributed by atoms with Crippen molar-refractivity contribution in [2.75, 3.05) is 5.73 Å². The molecule has 0 bridgehead atoms. The Morgan fingerprint density at radius 2 is 2.00 bits per heavy atom. The van der Waals surface area contributed by atoms with E-state index in [9.17, 15) is 8.78 Å². The summed E-state index contributed by atoms with van der Waals surface area (Å²) in [6.45, 7) is 0. The maximum absolute atomic E-state index is 13.6. The van der Waals surface area contributed by atoms with Crippen molar-refractivity contribution < 1.29 is 17.7 Å². The van der Waals surface area contributed by atoms with Gasteiger partial charge in [0.05, 0.1) is 23.1 Å². The second kappa shape index (κ2) is 4.20. The normalized spacial score (nSPS) is 10.8. The molecule has 0 amide bonds. The van der Waals surface area contributed by atoms with E-state index in [0.29, 0.717) is 11.6 Å². The minimum atomic E-state index is -0.837. The summed E-state index contributed by atoms with van der Waals surface area (Å²) in [7, 11) is 0. The summed E-state index contributed by atoms with van der Waals surface area (Å²) in [6, 6.07) is 3.41. The van der Waals surface area contributed by atoms with E-state index in [0.717, 1.165) is 6.07 Å². The maximum atomic E-state index is 13.6. The second-order valence-corrected chi connectivity index (χ2v) is 3.79. The average Bonchev–Trinajstić information content (AvgIpc) is 3.03. The minimum absolute atomic E-state index is 0.0545. The molecule has 2 heterocycles. The number of hydrogen-bond donors (Lipinski definition) is 1. The Morgan fingerprint density at radius 1 is 1.16 bits per heavy atom. The van der Waals surface area contributed by atoms with Crippen molar-refractivity contribution >= 4 is 5.69 Å². The summed E-state index contributed by atoms with van der Waals surface area (Å²) in [5.41, 5.74) is 5.72. The maximum Gasteiger partial charge on any atom is 0.261 e. The minimum Gasteiger partial charge on any atom is -0.472 e. The van der Waals surface area contributed by atoms with E-state index in [-0.39, 0.29) is 23.0 Å². The molecule has 0 radical (unpaired) electrons. The van der Waals surface area contributed by atoms with Crippen molar-refractivity contribution in [3.63, 3.8) is 0 Å². The van der Waals surface area contributed by atoms with Crippen LogP contribution in [0.4, 0.5) is 14.5 Å². The van der Waals surface area contributed by atoms with Crippen molar-refractivity contribution in [2.24, 2.45) is 0 Å². The molecule has 0 unspecified atom stereocenters. The van der Waals surface area contributed by atoms with Crippen molar-refractivity contribution in [3.8, 4) is 22.8 Å². The van der Waals surface area contributed by atoms with E-state index in [1.54, 1.807) is 6.07 Å². The number of anilines is 1. The molecule has 0 saturated carbocycles. The fourth-order valence-electron chi connectivity index (χ4n) is 1.57. The lowest BCUT2D eigenvalue weighted by Crippen LogP contribution is -1.94. The van der Waals surface area contributed by atoms with Crippen LogP contribution < -0.4 is 5.73 Å². The van der Waals surface area contributed by atoms with Crippen molar-refractivity contribution in [1.82, 2.24) is 10.1 Å². The molecule has 0 saturated heterocycles. The third kappa shape index (κ3) is 1.95. The van der Waals surface area contributed by atoms with Gasteiger partial charge in [0.25, 0.3) is 5.89 Å². The lowest BCUT2D eigenvalue weighted by atomic mass is 10.2. The van der Waals surface area contributed by atoms with Crippen LogP contribution in [0.2, 0.25) is 0 Å². The Balaban J connectivity index is 2.06. The lowest BCUT2D eigenvalue weighted by molar-refractivity contribution is 0.429. The van der Waals surface area contributed by atoms with E-state index in [1.807, 2.05) is 0 Å². The number of halogens is 2. The Bertz CT molecular complexity index is 723. The molecular weight excluding hydrogens is 256 g/mol. The van der Waals surface area contributed by atoms with E-state index < -0.39 is 11.6 Å². The van der Waals surface area contributed by atoms with Gasteiger partial charge in [0.1, 0.15) is 17.9 Å². The third-order valence-electron chi connectivity index (χ3n) is 2.52. The smallest absolute Gasteiger partial charge is 0.261 e. The lowest BCUT2D eigenvalue weighted by Gasteiger charge is -2.00. The topological polar surface area (TPSA) is 78.1 Å². The molecule has 19 heavy (non-hydrogen) atoms. The number of aromatic nitrogens is 2. The van der Waals surface area contributed by atoms with E-state index in [2.05, 4.69) is 10.1 Å². The number of furan rings is 1. The van der Waals surface area contributed by atoms with Gasteiger partial charge in [-0.25, -0.2) is 8.78 Å². The van der Waals surface area contributed by atoms with Gasteiger partial charge < -0.3 is 14.7 Å². The van der Waals surface area contributed by atoms with Crippen LogP contribution in [-0.2, 0) is 0 Å². The molecule has 7 heteroatoms. The summed E-state index contributed by atoms with van der Waals surface area (Å²) < 4.78 is 36.5. The van der Waals surface area contributed by atoms with Gasteiger partial charge in [-0.2, -0.15) is 4.98 Å². The van der Waals surface area contributed by atoms with Crippen molar-refractivity contribution in [3.05, 3.63) is 42.4 Å². The third-order valence-corrected chi connectivity index (χ3v) is 2.52. The molecule has 5 nitrogen and oxygen atoms in total. The van der Waals surface area contributed by atoms with Gasteiger partial charge >= 0.3 is 0 Å². The van der Waals surface area contributed by atoms with Crippen molar-refractivity contribution in [2.45, 2.75) is 0 Å². The van der Waals surface area contributed by atoms with Crippen LogP contribution in [0, 0.1) is 11.6 Å². The molecule has 0 aliphatic carbocycles. The molecule has 0 atom stereocenters. The Morgan fingerprint density at radius 3 is 2.74 bits per heavy atom. The monoisotopic (exact) mass is 263 g/mol. The highest BCUT2D eigenvalue weighted by Gasteiger charge is 2.17. The van der Waals surface area contributed by atoms with Crippen LogP contribution >= 0.6 is 0 Å². The van der Waals surface area contributed by atoms with Gasteiger partial charge in [-0.15, -0.1) is 0 Å². The number of nitrogens with zero attached hydrogens (tertiary/aromatic N) is 2. The zero-order chi connectivity index (χ0) is 13.4. The Hall–Kier alpha value is -2.70. The average molecular weight is 263 g/mol. The summed E-state index contributed by atoms with van der Waals surface area (Å²) in [4.78, 5) is 4.00. The molecule has 1 aromatic carbocycles. The van der Waals surface area contributed by atoms with Gasteiger partial charge in [0.15, 0.2) is 0 Å². The predicted octanol–water partition coefficient (Wildman–Crippen LogP) is 2.86. The van der Waals surface area contributed by atoms with Crippen LogP contribution in [0.1, 0.15) is 0 Å². The van der Waals surface area contributed by atoms with Crippen LogP contribution in [-0.4, -0.2) is 10.1 Å². The molecule has 2 aromatic heterocycles. The second-order valence-electron chi connectivity index (χ2n) is 3.79. The Labute approximate surface area is 105 Å². The molecule has 0 aliphatic rings. The number of benzene rings is 1. The highest BCUT2D eigenvalue weighted by molar-refractivity contribution is 5.63. The van der Waals surface area contributed by atoms with Crippen LogP contribution in [0.5, 0.6) is 0 Å². The molecule has 0 fully saturated rings. The SMILES string of the molecule is Nc1cc(-c2nc(-c3ccoc3)no2)c(F)cc1F. The van der Waals surface area contributed by atoms with Crippen LogP contribution in [0.25, 0.3) is 22.8 Å². The Kier molecular flexibility index (Phi) is 2.52. The van der Waals surface area contributed by atoms with E-state index in [1.165, 1.54) is 12.5 Å². The van der Waals surface area contributed by atoms with Crippen molar-refractivity contribution in [1.29, 1.82) is 0 Å². The fourth-order valence-corrected chi connectivity index (χ4v) is 1.57. The molecule has 96 valence electrons. The zero-order valence-electron chi connectivity index (χ0n) is 9.43. The highest BCUT2D eigenvalue weighted by atomic mass is 19.1. The molecular formula is C12H7F2N3O2. The quantitative estimate of drug-likeness (QED) is 0.719. The first-order valence-corrected chi connectivity index (χ1v) is 5.26. The molecule has 3 rings (SSSR count). The number of hydrogen-bond acceptors (Lipinski definition) is 5. The van der Waals surface area contributed by atoms with Gasteiger partial charge in [0, 0.05) is 6.07 Å². The van der Waals surface area contributed by atoms with Gasteiger partial charge in [0.2, 0.25) is 5.82 Å². The zero-order valence-corrected chi connectivity index (χ0v) is 9.43. The van der Waals surface area contributed by atoms with E-state index in [4.69, 9.17) is 14.7 Å². The summed E-state index contributed by atoms with van der Waals surface area (Å²) in [5.74, 6) is -1.50. The first-order valence-electron chi connectivity index (χ1n) is 5.26. The summed E-state index contributed by atoms with van der Waals surface area (Å²) >= 11 is 0. The highest BCUT2D eigenvalue weighted by Crippen LogP contribution is 2.27. The van der Waals surface area contributed by atoms with Crippen LogP contribution in [0.3, 0.4) is 0 Å². The largest absolute Gasteiger partial charge is 0.472 e. The van der Waals surface area contributed by atoms with Crippen LogP contribution in [0.15, 0.2) is 39.7 Å². The van der Waals surface area contributed by atoms with E-state index >= 15 is 0 Å². The number of rotatable bonds is 2. The summed E-state index contributed by atoms with van der Waals surface area (Å²) in [5, 5.41) is 3.68. The number of nitrogens with two attached hydrogens (primary N) is 1. The molecule has 3 aromatic rings. The predicted molar refractivity (Wildman–Crippen MR) is 61.8 cm³/mol. The first kappa shape index (κ1) is 11.4.